The number of benzene rings is 1. The smallest absolute Gasteiger partial charge is 0.256 e. The van der Waals surface area contributed by atoms with E-state index in [0.717, 1.165) is 6.07 Å². The first-order valence-electron chi connectivity index (χ1n) is 5.45. The van der Waals surface area contributed by atoms with Crippen LogP contribution in [0.2, 0.25) is 0 Å². The summed E-state index contributed by atoms with van der Waals surface area (Å²) in [7, 11) is 1.67. The summed E-state index contributed by atoms with van der Waals surface area (Å²) in [6, 6.07) is 4.14. The summed E-state index contributed by atoms with van der Waals surface area (Å²) >= 11 is 3.03. The minimum Gasteiger partial charge on any atom is -0.394 e. The van der Waals surface area contributed by atoms with Gasteiger partial charge in [-0.3, -0.25) is 9.48 Å². The van der Waals surface area contributed by atoms with E-state index in [-0.39, 0.29) is 5.56 Å². The fraction of sp³-hybridized carbons (Fsp3) is 0.167. The van der Waals surface area contributed by atoms with Crippen molar-refractivity contribution in [3.8, 4) is 0 Å². The van der Waals surface area contributed by atoms with Gasteiger partial charge in [0.2, 0.25) is 0 Å². The number of anilines is 2. The van der Waals surface area contributed by atoms with E-state index in [4.69, 9.17) is 5.73 Å². The second kappa shape index (κ2) is 5.00. The highest BCUT2D eigenvalue weighted by Gasteiger charge is 2.15. The van der Waals surface area contributed by atoms with Crippen LogP contribution >= 0.6 is 15.9 Å². The van der Waals surface area contributed by atoms with Gasteiger partial charge in [0, 0.05) is 12.6 Å². The van der Waals surface area contributed by atoms with Gasteiger partial charge in [-0.25, -0.2) is 4.39 Å². The topological polar surface area (TPSA) is 72.9 Å². The molecule has 0 spiro atoms. The quantitative estimate of drug-likeness (QED) is 0.890. The molecule has 0 aliphatic rings. The minimum atomic E-state index is -0.498. The second-order valence-electron chi connectivity index (χ2n) is 4.05. The van der Waals surface area contributed by atoms with Gasteiger partial charge < -0.3 is 11.1 Å². The van der Waals surface area contributed by atoms with Crippen molar-refractivity contribution in [2.45, 2.75) is 6.92 Å². The van der Waals surface area contributed by atoms with Gasteiger partial charge in [0.25, 0.3) is 5.91 Å². The molecule has 1 heterocycles. The molecule has 19 heavy (non-hydrogen) atoms. The number of hydrogen-bond donors (Lipinski definition) is 2. The summed E-state index contributed by atoms with van der Waals surface area (Å²) in [4.78, 5) is 12.0. The van der Waals surface area contributed by atoms with Crippen LogP contribution in [0.25, 0.3) is 0 Å². The molecule has 0 bridgehead atoms. The van der Waals surface area contributed by atoms with Gasteiger partial charge in [-0.15, -0.1) is 0 Å². The van der Waals surface area contributed by atoms with Crippen LogP contribution in [-0.4, -0.2) is 15.7 Å². The molecule has 0 saturated heterocycles. The summed E-state index contributed by atoms with van der Waals surface area (Å²) in [5.41, 5.74) is 7.03. The molecule has 1 aromatic carbocycles. The molecule has 1 amide bonds. The molecule has 1 aromatic heterocycles. The Morgan fingerprint density at radius 3 is 2.74 bits per heavy atom. The molecular formula is C12H12BrFN4O. The molecule has 0 radical (unpaired) electrons. The number of aromatic nitrogens is 2. The normalized spacial score (nSPS) is 10.5. The highest BCUT2D eigenvalue weighted by Crippen LogP contribution is 2.22. The second-order valence-corrected chi connectivity index (χ2v) is 4.91. The lowest BCUT2D eigenvalue weighted by Crippen LogP contribution is -2.15. The van der Waals surface area contributed by atoms with Crippen molar-refractivity contribution in [3.05, 3.63) is 39.7 Å². The van der Waals surface area contributed by atoms with Gasteiger partial charge >= 0.3 is 0 Å². The van der Waals surface area contributed by atoms with Crippen LogP contribution in [0.1, 0.15) is 16.1 Å². The van der Waals surface area contributed by atoms with Crippen molar-refractivity contribution in [1.82, 2.24) is 9.78 Å². The Labute approximate surface area is 117 Å². The van der Waals surface area contributed by atoms with Crippen molar-refractivity contribution < 1.29 is 9.18 Å². The van der Waals surface area contributed by atoms with Crippen LogP contribution < -0.4 is 11.1 Å². The first-order valence-corrected chi connectivity index (χ1v) is 6.25. The van der Waals surface area contributed by atoms with E-state index in [1.807, 2.05) is 0 Å². The SMILES string of the molecule is Cc1nn(C)c(NC(=O)c2ccc(Br)c(F)c2)c1N. The summed E-state index contributed by atoms with van der Waals surface area (Å²) in [6.07, 6.45) is 0. The average molecular weight is 327 g/mol. The maximum atomic E-state index is 13.4. The number of halogens is 2. The molecule has 0 aliphatic carbocycles. The van der Waals surface area contributed by atoms with Gasteiger partial charge in [0.05, 0.1) is 15.9 Å². The van der Waals surface area contributed by atoms with Crippen molar-refractivity contribution in [1.29, 1.82) is 0 Å². The number of carbonyl (C=O) groups excluding carboxylic acids is 1. The molecule has 100 valence electrons. The monoisotopic (exact) mass is 326 g/mol. The Hall–Kier alpha value is -1.89. The van der Waals surface area contributed by atoms with Crippen molar-refractivity contribution in [2.75, 3.05) is 11.1 Å². The number of carbonyl (C=O) groups is 1. The van der Waals surface area contributed by atoms with Crippen LogP contribution in [0.5, 0.6) is 0 Å². The Morgan fingerprint density at radius 2 is 2.21 bits per heavy atom. The van der Waals surface area contributed by atoms with Crippen molar-refractivity contribution >= 4 is 33.3 Å². The van der Waals surface area contributed by atoms with Crippen LogP contribution in [0.15, 0.2) is 22.7 Å². The Kier molecular flexibility index (Phi) is 3.57. The van der Waals surface area contributed by atoms with Crippen LogP contribution in [0, 0.1) is 12.7 Å². The van der Waals surface area contributed by atoms with E-state index in [9.17, 15) is 9.18 Å². The third kappa shape index (κ3) is 2.60. The fourth-order valence-electron chi connectivity index (χ4n) is 1.64. The van der Waals surface area contributed by atoms with Crippen molar-refractivity contribution in [2.24, 2.45) is 7.05 Å². The van der Waals surface area contributed by atoms with Gasteiger partial charge in [0.1, 0.15) is 5.82 Å². The van der Waals surface area contributed by atoms with E-state index < -0.39 is 11.7 Å². The van der Waals surface area contributed by atoms with Gasteiger partial charge in [-0.05, 0) is 41.1 Å². The zero-order valence-electron chi connectivity index (χ0n) is 10.4. The summed E-state index contributed by atoms with van der Waals surface area (Å²) in [5, 5.41) is 6.70. The predicted molar refractivity (Wildman–Crippen MR) is 74.4 cm³/mol. The standard InChI is InChI=1S/C12H12BrFN4O/c1-6-10(15)11(18(2)17-6)16-12(19)7-3-4-8(13)9(14)5-7/h3-5H,15H2,1-2H3,(H,16,19). The highest BCUT2D eigenvalue weighted by molar-refractivity contribution is 9.10. The largest absolute Gasteiger partial charge is 0.394 e. The molecular weight excluding hydrogens is 315 g/mol. The number of hydrogen-bond acceptors (Lipinski definition) is 3. The molecule has 2 rings (SSSR count). The lowest BCUT2D eigenvalue weighted by atomic mass is 10.2. The first-order chi connectivity index (χ1) is 8.90. The number of nitrogen functional groups attached to an aromatic ring is 1. The van der Waals surface area contributed by atoms with Crippen LogP contribution in [-0.2, 0) is 7.05 Å². The lowest BCUT2D eigenvalue weighted by Gasteiger charge is -2.07. The third-order valence-electron chi connectivity index (χ3n) is 2.68. The molecule has 0 saturated carbocycles. The summed E-state index contributed by atoms with van der Waals surface area (Å²) in [6.45, 7) is 1.74. The Balaban J connectivity index is 2.28. The van der Waals surface area contributed by atoms with Crippen LogP contribution in [0.4, 0.5) is 15.9 Å². The number of rotatable bonds is 2. The molecule has 5 nitrogen and oxygen atoms in total. The number of amides is 1. The number of nitrogens with two attached hydrogens (primary N) is 1. The first kappa shape index (κ1) is 13.5. The molecule has 0 aliphatic heterocycles. The minimum absolute atomic E-state index is 0.207. The van der Waals surface area contributed by atoms with E-state index in [1.54, 1.807) is 14.0 Å². The summed E-state index contributed by atoms with van der Waals surface area (Å²) < 4.78 is 15.1. The maximum absolute atomic E-state index is 13.4. The lowest BCUT2D eigenvalue weighted by molar-refractivity contribution is 0.102. The highest BCUT2D eigenvalue weighted by atomic mass is 79.9. The number of nitrogens with zero attached hydrogens (tertiary/aromatic N) is 2. The zero-order valence-corrected chi connectivity index (χ0v) is 12.0. The third-order valence-corrected chi connectivity index (χ3v) is 3.33. The van der Waals surface area contributed by atoms with E-state index in [1.165, 1.54) is 16.8 Å². The van der Waals surface area contributed by atoms with Crippen molar-refractivity contribution in [3.63, 3.8) is 0 Å². The van der Waals surface area contributed by atoms with Gasteiger partial charge in [-0.1, -0.05) is 0 Å². The number of aryl methyl sites for hydroxylation is 2. The van der Waals surface area contributed by atoms with E-state index in [0.29, 0.717) is 21.7 Å². The molecule has 2 aromatic rings. The molecule has 0 atom stereocenters. The molecule has 3 N–H and O–H groups in total. The Bertz CT molecular complexity index is 653. The Morgan fingerprint density at radius 1 is 1.53 bits per heavy atom. The predicted octanol–water partition coefficient (Wildman–Crippen LogP) is 2.46. The van der Waals surface area contributed by atoms with Crippen LogP contribution in [0.3, 0.4) is 0 Å². The molecule has 0 unspecified atom stereocenters. The maximum Gasteiger partial charge on any atom is 0.256 e. The summed E-state index contributed by atoms with van der Waals surface area (Å²) in [5.74, 6) is -0.547. The van der Waals surface area contributed by atoms with Gasteiger partial charge in [-0.2, -0.15) is 5.10 Å². The van der Waals surface area contributed by atoms with E-state index in [2.05, 4.69) is 26.3 Å². The van der Waals surface area contributed by atoms with E-state index >= 15 is 0 Å². The average Bonchev–Trinajstić information content (AvgIpc) is 2.59. The molecule has 7 heteroatoms. The molecule has 0 fully saturated rings. The van der Waals surface area contributed by atoms with Gasteiger partial charge in [0.15, 0.2) is 5.82 Å². The zero-order chi connectivity index (χ0) is 14.2. The fourth-order valence-corrected chi connectivity index (χ4v) is 1.89. The number of nitrogens with one attached hydrogen (secondary N) is 1.